The molecule has 0 aromatic carbocycles. The molecule has 0 bridgehead atoms. The Morgan fingerprint density at radius 1 is 0.938 bits per heavy atom. The zero-order valence-corrected chi connectivity index (χ0v) is 10.6. The molecule has 2 aliphatic heterocycles. The Balaban J connectivity index is 1.85. The molecule has 2 heterocycles. The van der Waals surface area contributed by atoms with Gasteiger partial charge >= 0.3 is 0 Å². The number of nitrogens with one attached hydrogen (secondary N) is 1. The molecule has 16 heavy (non-hydrogen) atoms. The Bertz CT molecular complexity index is 162. The van der Waals surface area contributed by atoms with Crippen molar-refractivity contribution in [2.75, 3.05) is 33.4 Å². The summed E-state index contributed by atoms with van der Waals surface area (Å²) in [6.45, 7) is 4.33. The van der Waals surface area contributed by atoms with Gasteiger partial charge in [-0.25, -0.2) is 0 Å². The van der Waals surface area contributed by atoms with Gasteiger partial charge in [0.25, 0.3) is 0 Å². The van der Waals surface area contributed by atoms with Gasteiger partial charge in [-0.3, -0.25) is 0 Å². The molecule has 0 spiro atoms. The van der Waals surface area contributed by atoms with E-state index in [0.717, 1.165) is 25.3 Å². The van der Waals surface area contributed by atoms with E-state index in [4.69, 9.17) is 4.74 Å². The van der Waals surface area contributed by atoms with Gasteiger partial charge in [-0.1, -0.05) is 0 Å². The van der Waals surface area contributed by atoms with Gasteiger partial charge in [0.05, 0.1) is 0 Å². The first kappa shape index (κ1) is 12.3. The summed E-state index contributed by atoms with van der Waals surface area (Å²) in [6, 6.07) is 1.55. The summed E-state index contributed by atoms with van der Waals surface area (Å²) < 4.78 is 5.55. The molecule has 0 aromatic heterocycles. The predicted octanol–water partition coefficient (Wildman–Crippen LogP) is 1.63. The molecule has 2 unspecified atom stereocenters. The van der Waals surface area contributed by atoms with Crippen LogP contribution >= 0.6 is 0 Å². The second kappa shape index (κ2) is 6.58. The molecule has 2 saturated heterocycles. The van der Waals surface area contributed by atoms with Crippen molar-refractivity contribution in [1.29, 1.82) is 0 Å². The molecular weight excluding hydrogens is 200 g/mol. The highest BCUT2D eigenvalue weighted by atomic mass is 16.5. The Kier molecular flexibility index (Phi) is 5.07. The summed E-state index contributed by atoms with van der Waals surface area (Å²) in [5, 5.41) is 3.50. The predicted molar refractivity (Wildman–Crippen MR) is 66.7 cm³/mol. The summed E-state index contributed by atoms with van der Waals surface area (Å²) in [4.78, 5) is 2.64. The monoisotopic (exact) mass is 226 g/mol. The minimum absolute atomic E-state index is 0.755. The molecule has 94 valence electrons. The molecule has 0 amide bonds. The van der Waals surface area contributed by atoms with Crippen molar-refractivity contribution in [1.82, 2.24) is 10.2 Å². The largest absolute Gasteiger partial charge is 0.381 e. The van der Waals surface area contributed by atoms with Gasteiger partial charge in [0.1, 0.15) is 0 Å². The van der Waals surface area contributed by atoms with Gasteiger partial charge in [-0.2, -0.15) is 0 Å². The zero-order chi connectivity index (χ0) is 11.2. The van der Waals surface area contributed by atoms with Gasteiger partial charge in [-0.15, -0.1) is 0 Å². The number of ether oxygens (including phenoxy) is 1. The maximum Gasteiger partial charge on any atom is 0.0480 e. The van der Waals surface area contributed by atoms with Gasteiger partial charge in [0.2, 0.25) is 0 Å². The standard InChI is InChI=1S/C13H26N2O/c1-15(12-4-2-8-14-9-6-12)13-5-3-10-16-11-7-13/h12-14H,2-11H2,1H3. The normalized spacial score (nSPS) is 33.4. The Morgan fingerprint density at radius 2 is 1.75 bits per heavy atom. The molecular formula is C13H26N2O. The first-order chi connectivity index (χ1) is 7.88. The average molecular weight is 226 g/mol. The lowest BCUT2D eigenvalue weighted by Crippen LogP contribution is -2.40. The van der Waals surface area contributed by atoms with Gasteiger partial charge < -0.3 is 15.0 Å². The van der Waals surface area contributed by atoms with Crippen molar-refractivity contribution in [2.24, 2.45) is 0 Å². The second-order valence-electron chi connectivity index (χ2n) is 5.20. The van der Waals surface area contributed by atoms with Crippen molar-refractivity contribution >= 4 is 0 Å². The highest BCUT2D eigenvalue weighted by Crippen LogP contribution is 2.20. The molecule has 0 aromatic rings. The van der Waals surface area contributed by atoms with Crippen molar-refractivity contribution in [2.45, 2.75) is 50.6 Å². The second-order valence-corrected chi connectivity index (χ2v) is 5.20. The SMILES string of the molecule is CN(C1CCCNCC1)C1CCCOCC1. The van der Waals surface area contributed by atoms with Crippen LogP contribution in [0.25, 0.3) is 0 Å². The van der Waals surface area contributed by atoms with Crippen LogP contribution in [0.5, 0.6) is 0 Å². The maximum absolute atomic E-state index is 5.55. The third-order valence-electron chi connectivity index (χ3n) is 4.12. The molecule has 2 rings (SSSR count). The molecule has 2 aliphatic rings. The maximum atomic E-state index is 5.55. The molecule has 2 fully saturated rings. The third-order valence-corrected chi connectivity index (χ3v) is 4.12. The van der Waals surface area contributed by atoms with Crippen LogP contribution in [0.15, 0.2) is 0 Å². The average Bonchev–Trinajstić information content (AvgIpc) is 2.73. The summed E-state index contributed by atoms with van der Waals surface area (Å²) >= 11 is 0. The number of rotatable bonds is 2. The fraction of sp³-hybridized carbons (Fsp3) is 1.00. The molecule has 3 nitrogen and oxygen atoms in total. The van der Waals surface area contributed by atoms with Gasteiger partial charge in [0, 0.05) is 25.3 Å². The lowest BCUT2D eigenvalue weighted by molar-refractivity contribution is 0.119. The molecule has 1 N–H and O–H groups in total. The number of nitrogens with zero attached hydrogens (tertiary/aromatic N) is 1. The zero-order valence-electron chi connectivity index (χ0n) is 10.6. The van der Waals surface area contributed by atoms with Gasteiger partial charge in [0.15, 0.2) is 0 Å². The van der Waals surface area contributed by atoms with Gasteiger partial charge in [-0.05, 0) is 58.7 Å². The number of hydrogen-bond donors (Lipinski definition) is 1. The van der Waals surface area contributed by atoms with Crippen LogP contribution < -0.4 is 5.32 Å². The van der Waals surface area contributed by atoms with Crippen molar-refractivity contribution < 1.29 is 4.74 Å². The summed E-state index contributed by atoms with van der Waals surface area (Å²) in [5.41, 5.74) is 0. The Hall–Kier alpha value is -0.120. The lowest BCUT2D eigenvalue weighted by Gasteiger charge is -2.34. The van der Waals surface area contributed by atoms with E-state index in [0.29, 0.717) is 0 Å². The molecule has 3 heteroatoms. The molecule has 0 radical (unpaired) electrons. The minimum Gasteiger partial charge on any atom is -0.381 e. The molecule has 2 atom stereocenters. The van der Waals surface area contributed by atoms with Crippen molar-refractivity contribution in [3.8, 4) is 0 Å². The topological polar surface area (TPSA) is 24.5 Å². The Morgan fingerprint density at radius 3 is 2.69 bits per heavy atom. The van der Waals surface area contributed by atoms with E-state index in [2.05, 4.69) is 17.3 Å². The van der Waals surface area contributed by atoms with Crippen LogP contribution in [-0.2, 0) is 4.74 Å². The van der Waals surface area contributed by atoms with Crippen LogP contribution in [0.2, 0.25) is 0 Å². The first-order valence-electron chi connectivity index (χ1n) is 6.88. The summed E-state index contributed by atoms with van der Waals surface area (Å²) in [7, 11) is 2.33. The van der Waals surface area contributed by atoms with Crippen LogP contribution in [0.4, 0.5) is 0 Å². The van der Waals surface area contributed by atoms with Crippen LogP contribution in [-0.4, -0.2) is 50.3 Å². The summed E-state index contributed by atoms with van der Waals surface area (Å²) in [6.07, 6.45) is 7.79. The van der Waals surface area contributed by atoms with E-state index in [1.165, 1.54) is 51.6 Å². The van der Waals surface area contributed by atoms with E-state index >= 15 is 0 Å². The van der Waals surface area contributed by atoms with Crippen LogP contribution in [0.3, 0.4) is 0 Å². The quantitative estimate of drug-likeness (QED) is 0.774. The molecule has 0 aliphatic carbocycles. The van der Waals surface area contributed by atoms with Crippen LogP contribution in [0.1, 0.15) is 38.5 Å². The van der Waals surface area contributed by atoms with Crippen molar-refractivity contribution in [3.63, 3.8) is 0 Å². The Labute approximate surface area is 99.5 Å². The third kappa shape index (κ3) is 3.44. The smallest absolute Gasteiger partial charge is 0.0480 e. The fourth-order valence-corrected chi connectivity index (χ4v) is 3.00. The van der Waals surface area contributed by atoms with Crippen molar-refractivity contribution in [3.05, 3.63) is 0 Å². The summed E-state index contributed by atoms with van der Waals surface area (Å²) in [5.74, 6) is 0. The van der Waals surface area contributed by atoms with E-state index in [9.17, 15) is 0 Å². The lowest BCUT2D eigenvalue weighted by atomic mass is 10.0. The van der Waals surface area contributed by atoms with E-state index in [-0.39, 0.29) is 0 Å². The highest BCUT2D eigenvalue weighted by Gasteiger charge is 2.24. The minimum atomic E-state index is 0.755. The highest BCUT2D eigenvalue weighted by molar-refractivity contribution is 4.80. The van der Waals surface area contributed by atoms with Crippen LogP contribution in [0, 0.1) is 0 Å². The number of hydrogen-bond acceptors (Lipinski definition) is 3. The first-order valence-corrected chi connectivity index (χ1v) is 6.88. The van der Waals surface area contributed by atoms with E-state index in [1.54, 1.807) is 0 Å². The fourth-order valence-electron chi connectivity index (χ4n) is 3.00. The van der Waals surface area contributed by atoms with E-state index < -0.39 is 0 Å². The van der Waals surface area contributed by atoms with E-state index in [1.807, 2.05) is 0 Å². The molecule has 0 saturated carbocycles.